The monoisotopic (exact) mass is 364 g/mol. The second kappa shape index (κ2) is 5.67. The van der Waals surface area contributed by atoms with Gasteiger partial charge in [-0.15, -0.1) is 0 Å². The van der Waals surface area contributed by atoms with E-state index in [2.05, 4.69) is 9.98 Å². The number of hydrogen-bond donors (Lipinski definition) is 1. The molecule has 3 aromatic rings. The van der Waals surface area contributed by atoms with Crippen molar-refractivity contribution in [1.29, 1.82) is 0 Å². The van der Waals surface area contributed by atoms with E-state index < -0.39 is 17.7 Å². The van der Waals surface area contributed by atoms with Gasteiger partial charge in [0.2, 0.25) is 0 Å². The molecule has 0 aliphatic carbocycles. The number of aromatic nitrogens is 1. The first kappa shape index (κ1) is 16.1. The Morgan fingerprint density at radius 1 is 1.22 bits per heavy atom. The first-order chi connectivity index (χ1) is 13.1. The summed E-state index contributed by atoms with van der Waals surface area (Å²) in [5.74, 6) is -1.46. The Kier molecular flexibility index (Phi) is 3.37. The number of esters is 1. The van der Waals surface area contributed by atoms with Crippen molar-refractivity contribution < 1.29 is 18.7 Å². The van der Waals surface area contributed by atoms with Gasteiger partial charge >= 0.3 is 5.97 Å². The number of ether oxygens (including phenoxy) is 2. The maximum atomic E-state index is 15.0. The molecule has 5 rings (SSSR count). The Morgan fingerprint density at radius 2 is 2.07 bits per heavy atom. The van der Waals surface area contributed by atoms with Gasteiger partial charge in [-0.25, -0.2) is 4.39 Å². The Balaban J connectivity index is 1.82. The Bertz CT molecular complexity index is 1130. The lowest BCUT2D eigenvalue weighted by molar-refractivity contribution is -0.141. The zero-order valence-corrected chi connectivity index (χ0v) is 14.9. The van der Waals surface area contributed by atoms with E-state index >= 15 is 4.39 Å². The number of hydrogen-bond acceptors (Lipinski definition) is 4. The fourth-order valence-corrected chi connectivity index (χ4v) is 4.20. The average molecular weight is 364 g/mol. The van der Waals surface area contributed by atoms with Crippen LogP contribution in [0, 0.1) is 18.7 Å². The Morgan fingerprint density at radius 3 is 2.85 bits per heavy atom. The molecule has 0 amide bonds. The van der Waals surface area contributed by atoms with E-state index in [1.807, 2.05) is 25.1 Å². The van der Waals surface area contributed by atoms with Crippen LogP contribution in [0.25, 0.3) is 10.9 Å². The van der Waals surface area contributed by atoms with Crippen LogP contribution in [0.3, 0.4) is 0 Å². The van der Waals surface area contributed by atoms with E-state index in [-0.39, 0.29) is 12.6 Å². The summed E-state index contributed by atoms with van der Waals surface area (Å²) in [7, 11) is 1.49. The molecule has 2 unspecified atom stereocenters. The molecule has 1 aromatic heterocycles. The highest BCUT2D eigenvalue weighted by atomic mass is 19.1. The highest BCUT2D eigenvalue weighted by Gasteiger charge is 2.46. The number of aryl methyl sites for hydroxylation is 1. The highest BCUT2D eigenvalue weighted by Crippen LogP contribution is 2.48. The summed E-state index contributed by atoms with van der Waals surface area (Å²) in [4.78, 5) is 20.5. The smallest absolute Gasteiger partial charge is 0.316 e. The molecule has 3 heterocycles. The molecule has 2 atom stereocenters. The third-order valence-electron chi connectivity index (χ3n) is 5.38. The van der Waals surface area contributed by atoms with Crippen LogP contribution < -0.4 is 4.74 Å². The van der Waals surface area contributed by atoms with E-state index in [0.717, 1.165) is 27.8 Å². The van der Waals surface area contributed by atoms with Gasteiger partial charge in [0.15, 0.2) is 0 Å². The molecule has 136 valence electrons. The van der Waals surface area contributed by atoms with Gasteiger partial charge in [0, 0.05) is 28.6 Å². The van der Waals surface area contributed by atoms with Crippen molar-refractivity contribution in [3.63, 3.8) is 0 Å². The van der Waals surface area contributed by atoms with Crippen LogP contribution in [-0.4, -0.2) is 30.4 Å². The quantitative estimate of drug-likeness (QED) is 0.699. The molecule has 1 saturated heterocycles. The number of aliphatic imine (C=N–C) groups is 1. The van der Waals surface area contributed by atoms with Gasteiger partial charge in [-0.2, -0.15) is 0 Å². The molecule has 2 aromatic carbocycles. The Hall–Kier alpha value is -3.15. The van der Waals surface area contributed by atoms with Crippen molar-refractivity contribution in [2.75, 3.05) is 13.7 Å². The third kappa shape index (κ3) is 2.29. The molecule has 27 heavy (non-hydrogen) atoms. The van der Waals surface area contributed by atoms with Crippen LogP contribution in [0.15, 0.2) is 41.4 Å². The summed E-state index contributed by atoms with van der Waals surface area (Å²) in [5, 5.41) is 1.01. The van der Waals surface area contributed by atoms with Gasteiger partial charge in [-0.3, -0.25) is 9.79 Å². The van der Waals surface area contributed by atoms with Gasteiger partial charge in [-0.05, 0) is 30.7 Å². The number of H-pyrrole nitrogens is 1. The fraction of sp³-hybridized carbons (Fsp3) is 0.238. The molecular formula is C21H17FN2O3. The third-order valence-corrected chi connectivity index (χ3v) is 5.38. The molecule has 2 aliphatic rings. The molecule has 2 aliphatic heterocycles. The van der Waals surface area contributed by atoms with Gasteiger partial charge < -0.3 is 14.5 Å². The van der Waals surface area contributed by atoms with Gasteiger partial charge in [0.25, 0.3) is 0 Å². The molecule has 0 bridgehead atoms. The predicted molar refractivity (Wildman–Crippen MR) is 99.4 cm³/mol. The standard InChI is InChI=1S/C21H17FN2O3/c1-10-7-11-3-6-15-18(20(11)23-10)17(19-16(24-15)9-27-21(19)25)13-5-4-12(26-2)8-14(13)22/h3-8,17,19,23H,9H2,1-2H3. The number of methoxy groups -OCH3 is 1. The minimum absolute atomic E-state index is 0.152. The second-order valence-corrected chi connectivity index (χ2v) is 6.97. The van der Waals surface area contributed by atoms with Crippen LogP contribution in [-0.2, 0) is 9.53 Å². The van der Waals surface area contributed by atoms with E-state index in [1.165, 1.54) is 13.2 Å². The number of nitrogens with zero attached hydrogens (tertiary/aromatic N) is 1. The van der Waals surface area contributed by atoms with Crippen LogP contribution in [0.2, 0.25) is 0 Å². The van der Waals surface area contributed by atoms with Crippen molar-refractivity contribution in [1.82, 2.24) is 4.98 Å². The number of carbonyl (C=O) groups is 1. The number of halogens is 1. The summed E-state index contributed by atoms with van der Waals surface area (Å²) in [6.07, 6.45) is 0. The largest absolute Gasteiger partial charge is 0.497 e. The lowest BCUT2D eigenvalue weighted by Gasteiger charge is -2.28. The number of benzene rings is 2. The summed E-state index contributed by atoms with van der Waals surface area (Å²) in [5.41, 5.74) is 4.54. The number of cyclic esters (lactones) is 1. The van der Waals surface area contributed by atoms with Crippen LogP contribution in [0.5, 0.6) is 5.75 Å². The number of rotatable bonds is 2. The zero-order chi connectivity index (χ0) is 18.7. The lowest BCUT2D eigenvalue weighted by atomic mass is 9.76. The highest BCUT2D eigenvalue weighted by molar-refractivity contribution is 6.12. The first-order valence-corrected chi connectivity index (χ1v) is 8.76. The topological polar surface area (TPSA) is 63.7 Å². The van der Waals surface area contributed by atoms with Crippen LogP contribution in [0.1, 0.15) is 22.7 Å². The molecule has 5 nitrogen and oxygen atoms in total. The molecular weight excluding hydrogens is 347 g/mol. The zero-order valence-electron chi connectivity index (χ0n) is 14.9. The first-order valence-electron chi connectivity index (χ1n) is 8.76. The molecule has 1 fully saturated rings. The molecule has 0 radical (unpaired) electrons. The lowest BCUT2D eigenvalue weighted by Crippen LogP contribution is -2.28. The molecule has 0 saturated carbocycles. The molecule has 6 heteroatoms. The minimum atomic E-state index is -0.616. The van der Waals surface area contributed by atoms with E-state index in [1.54, 1.807) is 12.1 Å². The van der Waals surface area contributed by atoms with Crippen molar-refractivity contribution in [3.8, 4) is 5.75 Å². The fourth-order valence-electron chi connectivity index (χ4n) is 4.20. The SMILES string of the molecule is COc1ccc(C2c3c(ccc4cc(C)[nH]c34)N=C3COC(=O)C32)c(F)c1. The van der Waals surface area contributed by atoms with Crippen molar-refractivity contribution in [3.05, 3.63) is 59.0 Å². The Labute approximate surface area is 154 Å². The summed E-state index contributed by atoms with van der Waals surface area (Å²) < 4.78 is 25.4. The van der Waals surface area contributed by atoms with E-state index in [9.17, 15) is 4.79 Å². The second-order valence-electron chi connectivity index (χ2n) is 6.97. The van der Waals surface area contributed by atoms with Crippen molar-refractivity contribution in [2.45, 2.75) is 12.8 Å². The van der Waals surface area contributed by atoms with Gasteiger partial charge in [-0.1, -0.05) is 12.1 Å². The summed E-state index contributed by atoms with van der Waals surface area (Å²) in [6, 6.07) is 10.7. The number of carbonyl (C=O) groups excluding carboxylic acids is 1. The van der Waals surface area contributed by atoms with Crippen LogP contribution in [0.4, 0.5) is 10.1 Å². The van der Waals surface area contributed by atoms with Gasteiger partial charge in [0.05, 0.1) is 24.0 Å². The molecule has 0 spiro atoms. The van der Waals surface area contributed by atoms with Crippen molar-refractivity contribution in [2.24, 2.45) is 10.9 Å². The number of fused-ring (bicyclic) bond motifs is 4. The number of nitrogens with one attached hydrogen (secondary N) is 1. The van der Waals surface area contributed by atoms with Crippen molar-refractivity contribution >= 4 is 28.3 Å². The molecule has 1 N–H and O–H groups in total. The van der Waals surface area contributed by atoms with Gasteiger partial charge in [0.1, 0.15) is 24.1 Å². The number of aromatic amines is 1. The summed E-state index contributed by atoms with van der Waals surface area (Å²) >= 11 is 0. The maximum absolute atomic E-state index is 15.0. The maximum Gasteiger partial charge on any atom is 0.316 e. The average Bonchev–Trinajstić information content (AvgIpc) is 3.22. The van der Waals surface area contributed by atoms with Crippen LogP contribution >= 0.6 is 0 Å². The van der Waals surface area contributed by atoms with E-state index in [0.29, 0.717) is 17.0 Å². The minimum Gasteiger partial charge on any atom is -0.497 e. The van der Waals surface area contributed by atoms with E-state index in [4.69, 9.17) is 9.47 Å². The summed E-state index contributed by atoms with van der Waals surface area (Å²) in [6.45, 7) is 2.12. The predicted octanol–water partition coefficient (Wildman–Crippen LogP) is 4.02. The normalized spacial score (nSPS) is 20.9.